The molecule has 0 aliphatic carbocycles. The number of carbonyl (C=O) groups is 1. The molecule has 1 atom stereocenters. The number of hydrogen-bond donors (Lipinski definition) is 0. The van der Waals surface area contributed by atoms with Gasteiger partial charge in [0.1, 0.15) is 0 Å². The Balaban J connectivity index is 1.52. The van der Waals surface area contributed by atoms with Crippen LogP contribution < -0.4 is 0 Å². The van der Waals surface area contributed by atoms with Crippen molar-refractivity contribution in [3.8, 4) is 0 Å². The fourth-order valence-corrected chi connectivity index (χ4v) is 4.61. The quantitative estimate of drug-likeness (QED) is 0.661. The van der Waals surface area contributed by atoms with Gasteiger partial charge >= 0.3 is 0 Å². The summed E-state index contributed by atoms with van der Waals surface area (Å²) in [6, 6.07) is 4.08. The van der Waals surface area contributed by atoms with Crippen LogP contribution in [0.4, 0.5) is 0 Å². The summed E-state index contributed by atoms with van der Waals surface area (Å²) < 4.78 is 11.0. The monoisotopic (exact) mass is 380 g/mol. The molecule has 1 aromatic rings. The Morgan fingerprint density at radius 3 is 2.85 bits per heavy atom. The molecule has 0 spiro atoms. The van der Waals surface area contributed by atoms with Crippen LogP contribution in [0.25, 0.3) is 0 Å². The minimum atomic E-state index is 0.226. The van der Waals surface area contributed by atoms with E-state index in [0.717, 1.165) is 76.5 Å². The van der Waals surface area contributed by atoms with E-state index in [1.54, 1.807) is 18.4 Å². The molecule has 6 heteroatoms. The first-order valence-corrected chi connectivity index (χ1v) is 10.8. The van der Waals surface area contributed by atoms with Gasteiger partial charge in [-0.25, -0.2) is 0 Å². The van der Waals surface area contributed by atoms with Crippen molar-refractivity contribution in [3.05, 3.63) is 22.4 Å². The Bertz CT molecular complexity index is 523. The summed E-state index contributed by atoms with van der Waals surface area (Å²) in [5.74, 6) is 0.854. The number of methoxy groups -OCH3 is 1. The predicted octanol–water partition coefficient (Wildman–Crippen LogP) is 2.66. The molecular weight excluding hydrogens is 348 g/mol. The van der Waals surface area contributed by atoms with E-state index >= 15 is 0 Å². The van der Waals surface area contributed by atoms with E-state index in [2.05, 4.69) is 15.9 Å². The van der Waals surface area contributed by atoms with E-state index in [4.69, 9.17) is 9.47 Å². The fourth-order valence-electron chi connectivity index (χ4n) is 3.91. The van der Waals surface area contributed by atoms with Crippen LogP contribution in [-0.4, -0.2) is 74.9 Å². The summed E-state index contributed by atoms with van der Waals surface area (Å²) >= 11 is 1.67. The van der Waals surface area contributed by atoms with E-state index in [0.29, 0.717) is 12.3 Å². The lowest BCUT2D eigenvalue weighted by Crippen LogP contribution is -2.44. The van der Waals surface area contributed by atoms with E-state index in [-0.39, 0.29) is 12.0 Å². The van der Waals surface area contributed by atoms with Gasteiger partial charge < -0.3 is 19.3 Å². The smallest absolute Gasteiger partial charge is 0.227 e. The summed E-state index contributed by atoms with van der Waals surface area (Å²) in [5.41, 5.74) is 0. The van der Waals surface area contributed by atoms with Gasteiger partial charge in [0, 0.05) is 38.2 Å². The lowest BCUT2D eigenvalue weighted by atomic mass is 9.95. The van der Waals surface area contributed by atoms with Crippen LogP contribution in [0.2, 0.25) is 0 Å². The molecule has 0 unspecified atom stereocenters. The van der Waals surface area contributed by atoms with Crippen LogP contribution in [0.5, 0.6) is 0 Å². The molecule has 2 saturated heterocycles. The molecule has 5 nitrogen and oxygen atoms in total. The highest BCUT2D eigenvalue weighted by Crippen LogP contribution is 2.21. The van der Waals surface area contributed by atoms with Crippen LogP contribution in [0.15, 0.2) is 17.5 Å². The Labute approximate surface area is 161 Å². The van der Waals surface area contributed by atoms with Gasteiger partial charge in [0.05, 0.1) is 19.1 Å². The molecule has 2 aliphatic rings. The number of hydrogen-bond acceptors (Lipinski definition) is 5. The predicted molar refractivity (Wildman–Crippen MR) is 105 cm³/mol. The molecule has 0 aromatic carbocycles. The van der Waals surface area contributed by atoms with Crippen molar-refractivity contribution in [1.82, 2.24) is 9.80 Å². The van der Waals surface area contributed by atoms with Gasteiger partial charge in [0.25, 0.3) is 0 Å². The number of thiophene rings is 1. The van der Waals surface area contributed by atoms with E-state index < -0.39 is 0 Å². The normalized spacial score (nSPS) is 22.0. The molecule has 2 aliphatic heterocycles. The molecular formula is C20H32N2O3S. The van der Waals surface area contributed by atoms with Gasteiger partial charge in [0.2, 0.25) is 5.91 Å². The minimum Gasteiger partial charge on any atom is -0.383 e. The summed E-state index contributed by atoms with van der Waals surface area (Å²) in [4.78, 5) is 18.6. The van der Waals surface area contributed by atoms with Crippen molar-refractivity contribution in [2.24, 2.45) is 5.92 Å². The topological polar surface area (TPSA) is 42.0 Å². The van der Waals surface area contributed by atoms with Gasteiger partial charge in [-0.2, -0.15) is 0 Å². The second kappa shape index (κ2) is 10.4. The van der Waals surface area contributed by atoms with Crippen molar-refractivity contribution in [2.45, 2.75) is 38.2 Å². The van der Waals surface area contributed by atoms with Crippen molar-refractivity contribution in [2.75, 3.05) is 53.0 Å². The van der Waals surface area contributed by atoms with Gasteiger partial charge in [-0.05, 0) is 56.1 Å². The number of piperidine rings is 1. The zero-order valence-corrected chi connectivity index (χ0v) is 16.7. The number of likely N-dealkylation sites (tertiary alicyclic amines) is 1. The van der Waals surface area contributed by atoms with E-state index in [1.807, 2.05) is 11.4 Å². The molecule has 0 bridgehead atoms. The average Bonchev–Trinajstić information content (AvgIpc) is 3.34. The molecule has 0 N–H and O–H groups in total. The first-order chi connectivity index (χ1) is 12.7. The highest BCUT2D eigenvalue weighted by molar-refractivity contribution is 7.10. The third kappa shape index (κ3) is 6.05. The molecule has 3 heterocycles. The third-order valence-corrected chi connectivity index (χ3v) is 6.38. The Morgan fingerprint density at radius 1 is 1.35 bits per heavy atom. The summed E-state index contributed by atoms with van der Waals surface area (Å²) in [5, 5.41) is 2.04. The molecule has 3 rings (SSSR count). The first-order valence-electron chi connectivity index (χ1n) is 9.87. The third-order valence-electron chi connectivity index (χ3n) is 5.50. The van der Waals surface area contributed by atoms with Crippen molar-refractivity contribution in [3.63, 3.8) is 0 Å². The lowest BCUT2D eigenvalue weighted by Gasteiger charge is -2.35. The standard InChI is InChI=1S/C20H32N2O3S/c1-24-12-10-21-8-6-17(7-9-21)15-22(16-18-4-2-11-25-18)20(23)14-19-5-3-13-26-19/h3,5,13,17-18H,2,4,6-12,14-16H2,1H3/t18-/m0/s1. The second-order valence-corrected chi connectivity index (χ2v) is 8.50. The van der Waals surface area contributed by atoms with Crippen LogP contribution in [0, 0.1) is 5.92 Å². The maximum atomic E-state index is 12.9. The number of nitrogens with zero attached hydrogens (tertiary/aromatic N) is 2. The van der Waals surface area contributed by atoms with Gasteiger partial charge in [-0.1, -0.05) is 6.07 Å². The maximum Gasteiger partial charge on any atom is 0.227 e. The van der Waals surface area contributed by atoms with Crippen molar-refractivity contribution in [1.29, 1.82) is 0 Å². The zero-order valence-electron chi connectivity index (χ0n) is 15.9. The van der Waals surface area contributed by atoms with Crippen LogP contribution in [0.1, 0.15) is 30.6 Å². The van der Waals surface area contributed by atoms with Gasteiger partial charge in [-0.3, -0.25) is 4.79 Å². The van der Waals surface area contributed by atoms with Gasteiger partial charge in [0.15, 0.2) is 0 Å². The SMILES string of the molecule is COCCN1CCC(CN(C[C@@H]2CCCO2)C(=O)Cc2cccs2)CC1. The second-order valence-electron chi connectivity index (χ2n) is 7.47. The minimum absolute atomic E-state index is 0.226. The van der Waals surface area contributed by atoms with E-state index in [1.165, 1.54) is 0 Å². The Hall–Kier alpha value is -0.950. The Morgan fingerprint density at radius 2 is 2.19 bits per heavy atom. The molecule has 146 valence electrons. The summed E-state index contributed by atoms with van der Waals surface area (Å²) in [7, 11) is 1.76. The van der Waals surface area contributed by atoms with Crippen LogP contribution in [-0.2, 0) is 20.7 Å². The number of rotatable bonds is 9. The van der Waals surface area contributed by atoms with Crippen LogP contribution in [0.3, 0.4) is 0 Å². The van der Waals surface area contributed by atoms with E-state index in [9.17, 15) is 4.79 Å². The number of amides is 1. The molecule has 0 radical (unpaired) electrons. The number of ether oxygens (including phenoxy) is 2. The summed E-state index contributed by atoms with van der Waals surface area (Å²) in [6.45, 7) is 6.52. The largest absolute Gasteiger partial charge is 0.383 e. The first kappa shape index (κ1) is 19.8. The molecule has 2 fully saturated rings. The molecule has 26 heavy (non-hydrogen) atoms. The molecule has 1 aromatic heterocycles. The number of carbonyl (C=O) groups excluding carboxylic acids is 1. The fraction of sp³-hybridized carbons (Fsp3) is 0.750. The lowest BCUT2D eigenvalue weighted by molar-refractivity contribution is -0.133. The molecule has 1 amide bonds. The summed E-state index contributed by atoms with van der Waals surface area (Å²) in [6.07, 6.45) is 5.28. The zero-order chi connectivity index (χ0) is 18.2. The van der Waals surface area contributed by atoms with Crippen LogP contribution >= 0.6 is 11.3 Å². The Kier molecular flexibility index (Phi) is 7.92. The highest BCUT2D eigenvalue weighted by Gasteiger charge is 2.27. The van der Waals surface area contributed by atoms with Gasteiger partial charge in [-0.15, -0.1) is 11.3 Å². The average molecular weight is 381 g/mol. The molecule has 0 saturated carbocycles. The maximum absolute atomic E-state index is 12.9. The van der Waals surface area contributed by atoms with Crippen molar-refractivity contribution >= 4 is 17.2 Å². The highest BCUT2D eigenvalue weighted by atomic mass is 32.1. The van der Waals surface area contributed by atoms with Crippen molar-refractivity contribution < 1.29 is 14.3 Å².